The molecule has 2 heteroatoms. The van der Waals surface area contributed by atoms with Crippen LogP contribution in [0.2, 0.25) is 0 Å². The molecule has 0 aliphatic heterocycles. The summed E-state index contributed by atoms with van der Waals surface area (Å²) in [5.41, 5.74) is 1.80. The van der Waals surface area contributed by atoms with E-state index in [9.17, 15) is 4.79 Å². The summed E-state index contributed by atoms with van der Waals surface area (Å²) in [7, 11) is 0. The van der Waals surface area contributed by atoms with E-state index in [0.717, 1.165) is 24.9 Å². The van der Waals surface area contributed by atoms with Gasteiger partial charge in [-0.3, -0.25) is 4.79 Å². The zero-order valence-corrected chi connectivity index (χ0v) is 16.4. The molecule has 23 heavy (non-hydrogen) atoms. The molecular formula is C21H35NO. The summed E-state index contributed by atoms with van der Waals surface area (Å²) >= 11 is 0. The molecule has 130 valence electrons. The lowest BCUT2D eigenvalue weighted by atomic mass is 9.68. The molecule has 0 aliphatic carbocycles. The average molecular weight is 318 g/mol. The number of carbonyl (C=O) groups excluding carboxylic acids is 1. The molecule has 0 heterocycles. The van der Waals surface area contributed by atoms with E-state index in [1.54, 1.807) is 0 Å². The van der Waals surface area contributed by atoms with Gasteiger partial charge in [-0.05, 0) is 42.9 Å². The van der Waals surface area contributed by atoms with Gasteiger partial charge in [-0.2, -0.15) is 0 Å². The van der Waals surface area contributed by atoms with Crippen LogP contribution in [-0.2, 0) is 11.2 Å². The Hall–Kier alpha value is -1.31. The Labute approximate surface area is 143 Å². The van der Waals surface area contributed by atoms with Gasteiger partial charge < -0.3 is 4.90 Å². The Kier molecular flexibility index (Phi) is 6.44. The second kappa shape index (κ2) is 7.51. The van der Waals surface area contributed by atoms with E-state index in [-0.39, 0.29) is 17.4 Å². The van der Waals surface area contributed by atoms with Crippen molar-refractivity contribution in [2.75, 3.05) is 4.90 Å². The molecule has 0 spiro atoms. The molecule has 0 fully saturated rings. The fourth-order valence-corrected chi connectivity index (χ4v) is 2.67. The lowest BCUT2D eigenvalue weighted by Gasteiger charge is -2.43. The van der Waals surface area contributed by atoms with Crippen molar-refractivity contribution < 1.29 is 4.79 Å². The highest BCUT2D eigenvalue weighted by molar-refractivity contribution is 5.98. The normalized spacial score (nSPS) is 13.7. The molecule has 1 atom stereocenters. The molecule has 0 bridgehead atoms. The quantitative estimate of drug-likeness (QED) is 0.645. The van der Waals surface area contributed by atoms with Crippen molar-refractivity contribution >= 4 is 11.6 Å². The third-order valence-electron chi connectivity index (χ3n) is 5.37. The number of hydrogen-bond acceptors (Lipinski definition) is 1. The molecule has 0 aliphatic rings. The summed E-state index contributed by atoms with van der Waals surface area (Å²) in [5, 5.41) is 0. The van der Waals surface area contributed by atoms with E-state index in [4.69, 9.17) is 0 Å². The number of hydrogen-bond donors (Lipinski definition) is 0. The van der Waals surface area contributed by atoms with Gasteiger partial charge in [-0.25, -0.2) is 0 Å². The second-order valence-corrected chi connectivity index (χ2v) is 8.21. The summed E-state index contributed by atoms with van der Waals surface area (Å²) in [6.07, 6.45) is 3.08. The molecule has 0 radical (unpaired) electrons. The van der Waals surface area contributed by atoms with Crippen molar-refractivity contribution in [2.24, 2.45) is 10.8 Å². The number of aryl methyl sites for hydroxylation is 1. The smallest absolute Gasteiger partial charge is 0.233 e. The van der Waals surface area contributed by atoms with Crippen LogP contribution in [0.3, 0.4) is 0 Å². The molecule has 1 unspecified atom stereocenters. The summed E-state index contributed by atoms with van der Waals surface area (Å²) in [6.45, 7) is 17.1. The highest BCUT2D eigenvalue weighted by Gasteiger charge is 2.43. The first-order valence-corrected chi connectivity index (χ1v) is 8.98. The van der Waals surface area contributed by atoms with Gasteiger partial charge in [0.05, 0.1) is 0 Å². The minimum Gasteiger partial charge on any atom is -0.309 e. The highest BCUT2D eigenvalue weighted by Crippen LogP contribution is 2.41. The van der Waals surface area contributed by atoms with E-state index >= 15 is 0 Å². The largest absolute Gasteiger partial charge is 0.309 e. The van der Waals surface area contributed by atoms with Gasteiger partial charge in [0.25, 0.3) is 0 Å². The summed E-state index contributed by atoms with van der Waals surface area (Å²) in [6, 6.07) is 8.65. The van der Waals surface area contributed by atoms with E-state index < -0.39 is 5.41 Å². The predicted octanol–water partition coefficient (Wildman–Crippen LogP) is 5.84. The van der Waals surface area contributed by atoms with Gasteiger partial charge in [-0.1, -0.05) is 67.0 Å². The van der Waals surface area contributed by atoms with Crippen molar-refractivity contribution in [3.05, 3.63) is 29.8 Å². The van der Waals surface area contributed by atoms with Gasteiger partial charge in [0.15, 0.2) is 0 Å². The lowest BCUT2D eigenvalue weighted by molar-refractivity contribution is -0.132. The highest BCUT2D eigenvalue weighted by atomic mass is 16.2. The van der Waals surface area contributed by atoms with Crippen LogP contribution in [0.5, 0.6) is 0 Å². The van der Waals surface area contributed by atoms with E-state index in [1.165, 1.54) is 5.56 Å². The molecule has 2 nitrogen and oxygen atoms in total. The zero-order chi connectivity index (χ0) is 17.8. The SMILES string of the molecule is CCCC(C)N(C(=O)C(C)(C)C(C)(C)C)c1cccc(CC)c1. The monoisotopic (exact) mass is 317 g/mol. The van der Waals surface area contributed by atoms with Crippen LogP contribution < -0.4 is 4.90 Å². The fraction of sp³-hybridized carbons (Fsp3) is 0.667. The molecule has 1 aromatic rings. The Balaban J connectivity index is 3.33. The minimum atomic E-state index is -0.419. The average Bonchev–Trinajstić information content (AvgIpc) is 2.46. The number of amides is 1. The maximum Gasteiger partial charge on any atom is 0.233 e. The Morgan fingerprint density at radius 2 is 1.74 bits per heavy atom. The Bertz CT molecular complexity index is 525. The van der Waals surface area contributed by atoms with Crippen molar-refractivity contribution in [3.8, 4) is 0 Å². The summed E-state index contributed by atoms with van der Waals surface area (Å²) < 4.78 is 0. The first-order chi connectivity index (χ1) is 10.6. The maximum absolute atomic E-state index is 13.5. The first-order valence-electron chi connectivity index (χ1n) is 8.98. The van der Waals surface area contributed by atoms with Crippen LogP contribution in [0, 0.1) is 10.8 Å². The topological polar surface area (TPSA) is 20.3 Å². The van der Waals surface area contributed by atoms with Crippen LogP contribution in [0.1, 0.15) is 73.8 Å². The summed E-state index contributed by atoms with van der Waals surface area (Å²) in [5.74, 6) is 0.221. The molecule has 0 saturated heterocycles. The molecule has 0 aromatic heterocycles. The van der Waals surface area contributed by atoms with Crippen molar-refractivity contribution in [3.63, 3.8) is 0 Å². The van der Waals surface area contributed by atoms with Gasteiger partial charge >= 0.3 is 0 Å². The van der Waals surface area contributed by atoms with Crippen LogP contribution >= 0.6 is 0 Å². The maximum atomic E-state index is 13.5. The standard InChI is InChI=1S/C21H35NO/c1-9-12-16(3)22(18-14-11-13-17(10-2)15-18)19(23)21(7,8)20(4,5)6/h11,13-16H,9-10,12H2,1-8H3. The van der Waals surface area contributed by atoms with Crippen LogP contribution in [-0.4, -0.2) is 11.9 Å². The molecule has 1 aromatic carbocycles. The Morgan fingerprint density at radius 1 is 1.13 bits per heavy atom. The molecular weight excluding hydrogens is 282 g/mol. The van der Waals surface area contributed by atoms with Gasteiger partial charge in [0.1, 0.15) is 0 Å². The van der Waals surface area contributed by atoms with E-state index in [2.05, 4.69) is 79.7 Å². The zero-order valence-electron chi connectivity index (χ0n) is 16.4. The van der Waals surface area contributed by atoms with Gasteiger partial charge in [0, 0.05) is 17.1 Å². The number of rotatable bonds is 6. The van der Waals surface area contributed by atoms with Crippen molar-refractivity contribution in [1.29, 1.82) is 0 Å². The fourth-order valence-electron chi connectivity index (χ4n) is 2.67. The Morgan fingerprint density at radius 3 is 2.22 bits per heavy atom. The number of benzene rings is 1. The summed E-state index contributed by atoms with van der Waals surface area (Å²) in [4.78, 5) is 15.5. The molecule has 0 N–H and O–H groups in total. The molecule has 0 saturated carbocycles. The van der Waals surface area contributed by atoms with Crippen molar-refractivity contribution in [2.45, 2.75) is 80.7 Å². The van der Waals surface area contributed by atoms with Gasteiger partial charge in [-0.15, -0.1) is 0 Å². The number of nitrogens with zero attached hydrogens (tertiary/aromatic N) is 1. The minimum absolute atomic E-state index is 0.0867. The molecule has 1 amide bonds. The lowest BCUT2D eigenvalue weighted by Crippen LogP contribution is -2.50. The second-order valence-electron chi connectivity index (χ2n) is 8.21. The number of carbonyl (C=O) groups is 1. The number of anilines is 1. The van der Waals surface area contributed by atoms with Crippen LogP contribution in [0.25, 0.3) is 0 Å². The van der Waals surface area contributed by atoms with Crippen LogP contribution in [0.15, 0.2) is 24.3 Å². The first kappa shape index (κ1) is 19.7. The van der Waals surface area contributed by atoms with Crippen molar-refractivity contribution in [1.82, 2.24) is 0 Å². The van der Waals surface area contributed by atoms with E-state index in [0.29, 0.717) is 0 Å². The van der Waals surface area contributed by atoms with E-state index in [1.807, 2.05) is 4.90 Å². The third kappa shape index (κ3) is 4.37. The predicted molar refractivity (Wildman–Crippen MR) is 101 cm³/mol. The van der Waals surface area contributed by atoms with Gasteiger partial charge in [0.2, 0.25) is 5.91 Å². The van der Waals surface area contributed by atoms with Crippen LogP contribution in [0.4, 0.5) is 5.69 Å². The molecule has 1 rings (SSSR count). The third-order valence-corrected chi connectivity index (χ3v) is 5.37.